The van der Waals surface area contributed by atoms with Gasteiger partial charge in [0.05, 0.1) is 5.41 Å². The zero-order valence-corrected chi connectivity index (χ0v) is 17.8. The zero-order chi connectivity index (χ0) is 20.1. The lowest BCUT2D eigenvalue weighted by molar-refractivity contribution is -0.133. The third kappa shape index (κ3) is 4.64. The summed E-state index contributed by atoms with van der Waals surface area (Å²) in [6.45, 7) is 7.15. The van der Waals surface area contributed by atoms with Crippen LogP contribution in [0.5, 0.6) is 0 Å². The Hall–Kier alpha value is -2.14. The maximum absolute atomic E-state index is 13.1. The molecule has 0 radical (unpaired) electrons. The van der Waals surface area contributed by atoms with E-state index >= 15 is 0 Å². The van der Waals surface area contributed by atoms with Crippen molar-refractivity contribution in [3.8, 4) is 11.1 Å². The van der Waals surface area contributed by atoms with Crippen molar-refractivity contribution >= 4 is 23.2 Å². The monoisotopic (exact) mass is 398 g/mol. The summed E-state index contributed by atoms with van der Waals surface area (Å²) in [5.41, 5.74) is 3.01. The first-order valence-corrected chi connectivity index (χ1v) is 11.1. The largest absolute Gasteiger partial charge is 0.353 e. The molecule has 4 nitrogen and oxygen atoms in total. The Kier molecular flexibility index (Phi) is 6.55. The fraction of sp³-hybridized carbons (Fsp3) is 0.478. The number of carbonyl (C=O) groups excluding carboxylic acids is 2. The summed E-state index contributed by atoms with van der Waals surface area (Å²) in [4.78, 5) is 27.4. The predicted molar refractivity (Wildman–Crippen MR) is 115 cm³/mol. The highest BCUT2D eigenvalue weighted by atomic mass is 32.1. The van der Waals surface area contributed by atoms with E-state index in [2.05, 4.69) is 46.4 Å². The lowest BCUT2D eigenvalue weighted by Gasteiger charge is -2.29. The van der Waals surface area contributed by atoms with Crippen LogP contribution in [0.4, 0.5) is 0 Å². The third-order valence-corrected chi connectivity index (χ3v) is 6.11. The fourth-order valence-corrected chi connectivity index (χ4v) is 4.58. The maximum atomic E-state index is 13.1. The summed E-state index contributed by atoms with van der Waals surface area (Å²) in [6, 6.07) is 10.7. The van der Waals surface area contributed by atoms with Crippen LogP contribution in [0.1, 0.15) is 45.6 Å². The summed E-state index contributed by atoms with van der Waals surface area (Å²) in [5.74, 6) is 0.228. The molecular formula is C23H30N2O2S. The number of rotatable bonds is 7. The molecule has 2 aromatic rings. The molecule has 1 N–H and O–H groups in total. The van der Waals surface area contributed by atoms with Gasteiger partial charge in [0.2, 0.25) is 11.8 Å². The molecule has 3 rings (SSSR count). The smallest absolute Gasteiger partial charge is 0.228 e. The van der Waals surface area contributed by atoms with Crippen LogP contribution >= 0.6 is 11.3 Å². The van der Waals surface area contributed by atoms with E-state index in [4.69, 9.17) is 0 Å². The number of nitrogens with one attached hydrogen (secondary N) is 1. The Morgan fingerprint density at radius 3 is 2.54 bits per heavy atom. The first-order valence-electron chi connectivity index (χ1n) is 10.1. The van der Waals surface area contributed by atoms with Crippen molar-refractivity contribution in [2.75, 3.05) is 13.1 Å². The molecule has 1 aromatic heterocycles. The van der Waals surface area contributed by atoms with E-state index in [0.29, 0.717) is 32.4 Å². The average Bonchev–Trinajstić information content (AvgIpc) is 3.33. The Balaban J connectivity index is 1.80. The SMILES string of the molecule is CCCC(=O)N1CC[C@](Cc2ccc(-c3ccsc3)cc2)(C(=O)NC(C)C)C1. The number of thiophene rings is 1. The Morgan fingerprint density at radius 2 is 1.93 bits per heavy atom. The molecule has 0 aliphatic carbocycles. The number of likely N-dealkylation sites (tertiary alicyclic amines) is 1. The van der Waals surface area contributed by atoms with Gasteiger partial charge in [0.1, 0.15) is 0 Å². The number of benzene rings is 1. The topological polar surface area (TPSA) is 49.4 Å². The molecule has 1 aliphatic rings. The molecular weight excluding hydrogens is 368 g/mol. The van der Waals surface area contributed by atoms with Crippen LogP contribution in [-0.4, -0.2) is 35.8 Å². The highest BCUT2D eigenvalue weighted by molar-refractivity contribution is 7.08. The van der Waals surface area contributed by atoms with Crippen LogP contribution < -0.4 is 5.32 Å². The van der Waals surface area contributed by atoms with Gasteiger partial charge in [0.15, 0.2) is 0 Å². The quantitative estimate of drug-likeness (QED) is 0.746. The van der Waals surface area contributed by atoms with E-state index in [9.17, 15) is 9.59 Å². The second kappa shape index (κ2) is 8.91. The molecule has 150 valence electrons. The van der Waals surface area contributed by atoms with E-state index in [1.54, 1.807) is 11.3 Å². The molecule has 1 atom stereocenters. The summed E-state index contributed by atoms with van der Waals surface area (Å²) < 4.78 is 0. The first-order chi connectivity index (χ1) is 13.4. The van der Waals surface area contributed by atoms with Gasteiger partial charge >= 0.3 is 0 Å². The van der Waals surface area contributed by atoms with Gasteiger partial charge in [0.25, 0.3) is 0 Å². The number of carbonyl (C=O) groups is 2. The van der Waals surface area contributed by atoms with Gasteiger partial charge in [-0.05, 0) is 66.6 Å². The van der Waals surface area contributed by atoms with Crippen molar-refractivity contribution in [3.63, 3.8) is 0 Å². The highest BCUT2D eigenvalue weighted by Crippen LogP contribution is 2.36. The molecule has 1 aliphatic heterocycles. The van der Waals surface area contributed by atoms with Crippen LogP contribution in [0.2, 0.25) is 0 Å². The Bertz CT molecular complexity index is 799. The molecule has 28 heavy (non-hydrogen) atoms. The average molecular weight is 399 g/mol. The molecule has 0 spiro atoms. The predicted octanol–water partition coefficient (Wildman–Crippen LogP) is 4.50. The minimum atomic E-state index is -0.544. The normalized spacial score (nSPS) is 19.2. The van der Waals surface area contributed by atoms with Crippen molar-refractivity contribution in [2.24, 2.45) is 5.41 Å². The van der Waals surface area contributed by atoms with E-state index in [0.717, 1.165) is 12.0 Å². The minimum Gasteiger partial charge on any atom is -0.353 e. The van der Waals surface area contributed by atoms with Crippen molar-refractivity contribution < 1.29 is 9.59 Å². The van der Waals surface area contributed by atoms with Gasteiger partial charge in [-0.25, -0.2) is 0 Å². The van der Waals surface area contributed by atoms with Crippen LogP contribution in [0.3, 0.4) is 0 Å². The molecule has 2 amide bonds. The van der Waals surface area contributed by atoms with Gasteiger partial charge in [-0.3, -0.25) is 9.59 Å². The first kappa shape index (κ1) is 20.6. The zero-order valence-electron chi connectivity index (χ0n) is 17.0. The van der Waals surface area contributed by atoms with E-state index in [1.165, 1.54) is 11.1 Å². The van der Waals surface area contributed by atoms with Gasteiger partial charge in [0, 0.05) is 25.6 Å². The molecule has 0 bridgehead atoms. The maximum Gasteiger partial charge on any atom is 0.228 e. The summed E-state index contributed by atoms with van der Waals surface area (Å²) in [5, 5.41) is 7.31. The Morgan fingerprint density at radius 1 is 1.18 bits per heavy atom. The van der Waals surface area contributed by atoms with Crippen molar-refractivity contribution in [3.05, 3.63) is 46.7 Å². The Labute approximate surface area is 172 Å². The minimum absolute atomic E-state index is 0.0659. The number of amides is 2. The number of nitrogens with zero attached hydrogens (tertiary/aromatic N) is 1. The second-order valence-electron chi connectivity index (χ2n) is 8.11. The van der Waals surface area contributed by atoms with Crippen LogP contribution in [-0.2, 0) is 16.0 Å². The second-order valence-corrected chi connectivity index (χ2v) is 8.89. The molecule has 1 aromatic carbocycles. The van der Waals surface area contributed by atoms with Crippen LogP contribution in [0, 0.1) is 5.41 Å². The molecule has 0 unspecified atom stereocenters. The van der Waals surface area contributed by atoms with Crippen LogP contribution in [0.15, 0.2) is 41.1 Å². The molecule has 5 heteroatoms. The van der Waals surface area contributed by atoms with Crippen molar-refractivity contribution in [1.29, 1.82) is 0 Å². The molecule has 1 fully saturated rings. The van der Waals surface area contributed by atoms with E-state index < -0.39 is 5.41 Å². The standard InChI is InChI=1S/C23H30N2O2S/c1-4-5-21(26)25-12-11-23(16-25,22(27)24-17(2)3)14-18-6-8-19(9-7-18)20-10-13-28-15-20/h6-10,13,15,17H,4-5,11-12,14,16H2,1-3H3,(H,24,27)/t23-/m1/s1. The van der Waals surface area contributed by atoms with E-state index in [-0.39, 0.29) is 17.9 Å². The number of hydrogen-bond acceptors (Lipinski definition) is 3. The van der Waals surface area contributed by atoms with Crippen molar-refractivity contribution in [1.82, 2.24) is 10.2 Å². The summed E-state index contributed by atoms with van der Waals surface area (Å²) >= 11 is 1.69. The van der Waals surface area contributed by atoms with Crippen molar-refractivity contribution in [2.45, 2.75) is 52.5 Å². The lowest BCUT2D eigenvalue weighted by atomic mass is 9.79. The van der Waals surface area contributed by atoms with Crippen LogP contribution in [0.25, 0.3) is 11.1 Å². The fourth-order valence-electron chi connectivity index (χ4n) is 3.92. The van der Waals surface area contributed by atoms with Gasteiger partial charge in [-0.2, -0.15) is 11.3 Å². The lowest BCUT2D eigenvalue weighted by Crippen LogP contribution is -2.47. The van der Waals surface area contributed by atoms with E-state index in [1.807, 2.05) is 25.7 Å². The van der Waals surface area contributed by atoms with Gasteiger partial charge in [-0.15, -0.1) is 0 Å². The summed E-state index contributed by atoms with van der Waals surface area (Å²) in [6.07, 6.45) is 2.76. The molecule has 1 saturated heterocycles. The molecule has 0 saturated carbocycles. The number of hydrogen-bond donors (Lipinski definition) is 1. The van der Waals surface area contributed by atoms with Gasteiger partial charge in [-0.1, -0.05) is 31.2 Å². The third-order valence-electron chi connectivity index (χ3n) is 5.42. The summed E-state index contributed by atoms with van der Waals surface area (Å²) in [7, 11) is 0. The van der Waals surface area contributed by atoms with Gasteiger partial charge < -0.3 is 10.2 Å². The molecule has 2 heterocycles. The highest BCUT2D eigenvalue weighted by Gasteiger charge is 2.45.